The van der Waals surface area contributed by atoms with E-state index in [1.165, 1.54) is 6.26 Å². The zero-order valence-corrected chi connectivity index (χ0v) is 12.8. The summed E-state index contributed by atoms with van der Waals surface area (Å²) in [5, 5.41) is 0. The molecule has 0 saturated heterocycles. The molecule has 0 atom stereocenters. The van der Waals surface area contributed by atoms with Gasteiger partial charge in [0.1, 0.15) is 12.4 Å². The van der Waals surface area contributed by atoms with Crippen molar-refractivity contribution >= 4 is 9.84 Å². The highest BCUT2D eigenvalue weighted by molar-refractivity contribution is 7.90. The van der Waals surface area contributed by atoms with Gasteiger partial charge in [-0.1, -0.05) is 36.4 Å². The van der Waals surface area contributed by atoms with E-state index in [0.717, 1.165) is 16.7 Å². The molecule has 112 valence electrons. The molecule has 0 aliphatic heterocycles. The fourth-order valence-corrected chi connectivity index (χ4v) is 2.27. The van der Waals surface area contributed by atoms with Crippen LogP contribution in [0.3, 0.4) is 0 Å². The lowest BCUT2D eigenvalue weighted by Crippen LogP contribution is -2.11. The van der Waals surface area contributed by atoms with Crippen LogP contribution in [0, 0.1) is 0 Å². The van der Waals surface area contributed by atoms with E-state index in [1.54, 1.807) is 0 Å². The van der Waals surface area contributed by atoms with E-state index in [4.69, 9.17) is 10.5 Å². The highest BCUT2D eigenvalue weighted by Gasteiger charge is 2.03. The predicted molar refractivity (Wildman–Crippen MR) is 85.0 cm³/mol. The molecule has 0 radical (unpaired) electrons. The van der Waals surface area contributed by atoms with Gasteiger partial charge in [0, 0.05) is 12.8 Å². The Bertz CT molecular complexity index is 676. The SMILES string of the molecule is CS(=O)(=O)CCOc1ccc(-c2ccc(CN)cc2)cc1. The van der Waals surface area contributed by atoms with E-state index in [-0.39, 0.29) is 12.4 Å². The molecule has 0 aromatic heterocycles. The minimum atomic E-state index is -2.99. The van der Waals surface area contributed by atoms with E-state index in [1.807, 2.05) is 48.5 Å². The molecule has 4 nitrogen and oxygen atoms in total. The van der Waals surface area contributed by atoms with Crippen molar-refractivity contribution in [2.45, 2.75) is 6.54 Å². The monoisotopic (exact) mass is 305 g/mol. The third-order valence-corrected chi connectivity index (χ3v) is 4.01. The third-order valence-electron chi connectivity index (χ3n) is 3.10. The Balaban J connectivity index is 2.01. The Morgan fingerprint density at radius 1 is 0.952 bits per heavy atom. The van der Waals surface area contributed by atoms with Gasteiger partial charge in [-0.25, -0.2) is 8.42 Å². The Morgan fingerprint density at radius 3 is 1.95 bits per heavy atom. The number of benzene rings is 2. The van der Waals surface area contributed by atoms with E-state index < -0.39 is 9.84 Å². The standard InChI is InChI=1S/C16H19NO3S/c1-21(18,19)11-10-20-16-8-6-15(7-9-16)14-4-2-13(12-17)3-5-14/h2-9H,10-12,17H2,1H3. The smallest absolute Gasteiger partial charge is 0.150 e. The topological polar surface area (TPSA) is 69.4 Å². The van der Waals surface area contributed by atoms with Gasteiger partial charge >= 0.3 is 0 Å². The van der Waals surface area contributed by atoms with Gasteiger partial charge in [0.25, 0.3) is 0 Å². The summed E-state index contributed by atoms with van der Waals surface area (Å²) in [6, 6.07) is 15.7. The molecule has 0 unspecified atom stereocenters. The average molecular weight is 305 g/mol. The highest BCUT2D eigenvalue weighted by atomic mass is 32.2. The minimum absolute atomic E-state index is 0.0231. The summed E-state index contributed by atoms with van der Waals surface area (Å²) in [4.78, 5) is 0. The van der Waals surface area contributed by atoms with Crippen molar-refractivity contribution in [2.75, 3.05) is 18.6 Å². The molecule has 2 aromatic rings. The quantitative estimate of drug-likeness (QED) is 0.888. The van der Waals surface area contributed by atoms with Crippen LogP contribution in [0.5, 0.6) is 5.75 Å². The first-order chi connectivity index (χ1) is 9.98. The molecule has 2 N–H and O–H groups in total. The summed E-state index contributed by atoms with van der Waals surface area (Å²) in [7, 11) is -2.99. The van der Waals surface area contributed by atoms with Crippen LogP contribution in [0.25, 0.3) is 11.1 Å². The number of ether oxygens (including phenoxy) is 1. The van der Waals surface area contributed by atoms with Crippen molar-refractivity contribution in [3.05, 3.63) is 54.1 Å². The van der Waals surface area contributed by atoms with Crippen molar-refractivity contribution in [1.29, 1.82) is 0 Å². The average Bonchev–Trinajstić information content (AvgIpc) is 2.47. The van der Waals surface area contributed by atoms with E-state index >= 15 is 0 Å². The summed E-state index contributed by atoms with van der Waals surface area (Å²) in [5.41, 5.74) is 8.86. The van der Waals surface area contributed by atoms with Gasteiger partial charge in [-0.15, -0.1) is 0 Å². The molecule has 0 amide bonds. The first-order valence-electron chi connectivity index (χ1n) is 6.68. The van der Waals surface area contributed by atoms with Gasteiger partial charge < -0.3 is 10.5 Å². The fourth-order valence-electron chi connectivity index (χ4n) is 1.89. The fraction of sp³-hybridized carbons (Fsp3) is 0.250. The molecule has 0 spiro atoms. The summed E-state index contributed by atoms with van der Waals surface area (Å²) < 4.78 is 27.5. The first-order valence-corrected chi connectivity index (χ1v) is 8.74. The van der Waals surface area contributed by atoms with Crippen LogP contribution in [0.2, 0.25) is 0 Å². The normalized spacial score (nSPS) is 11.3. The van der Waals surface area contributed by atoms with Crippen LogP contribution >= 0.6 is 0 Å². The summed E-state index contributed by atoms with van der Waals surface area (Å²) in [6.45, 7) is 0.705. The van der Waals surface area contributed by atoms with Crippen LogP contribution in [0.15, 0.2) is 48.5 Å². The molecule has 2 rings (SSSR count). The summed E-state index contributed by atoms with van der Waals surface area (Å²) in [5.74, 6) is 0.691. The van der Waals surface area contributed by atoms with Crippen molar-refractivity contribution in [3.8, 4) is 16.9 Å². The van der Waals surface area contributed by atoms with Gasteiger partial charge in [-0.3, -0.25) is 0 Å². The van der Waals surface area contributed by atoms with Crippen LogP contribution in [-0.2, 0) is 16.4 Å². The zero-order valence-electron chi connectivity index (χ0n) is 12.0. The maximum absolute atomic E-state index is 11.0. The number of rotatable bonds is 6. The molecule has 0 fully saturated rings. The van der Waals surface area contributed by atoms with Crippen molar-refractivity contribution in [2.24, 2.45) is 5.73 Å². The summed E-state index contributed by atoms with van der Waals surface area (Å²) >= 11 is 0. The van der Waals surface area contributed by atoms with Crippen LogP contribution in [0.1, 0.15) is 5.56 Å². The largest absolute Gasteiger partial charge is 0.493 e. The van der Waals surface area contributed by atoms with Gasteiger partial charge in [0.05, 0.1) is 5.75 Å². The van der Waals surface area contributed by atoms with E-state index in [9.17, 15) is 8.42 Å². The van der Waals surface area contributed by atoms with E-state index in [2.05, 4.69) is 0 Å². The lowest BCUT2D eigenvalue weighted by Gasteiger charge is -2.07. The Kier molecular flexibility index (Phi) is 4.98. The summed E-state index contributed by atoms with van der Waals surface area (Å²) in [6.07, 6.45) is 1.20. The predicted octanol–water partition coefficient (Wildman–Crippen LogP) is 2.24. The molecule has 0 heterocycles. The molecular weight excluding hydrogens is 286 g/mol. The second-order valence-electron chi connectivity index (χ2n) is 4.90. The molecule has 0 bridgehead atoms. The van der Waals surface area contributed by atoms with Crippen LogP contribution in [0.4, 0.5) is 0 Å². The van der Waals surface area contributed by atoms with Gasteiger partial charge in [-0.2, -0.15) is 0 Å². The van der Waals surface area contributed by atoms with Crippen molar-refractivity contribution in [1.82, 2.24) is 0 Å². The Labute approximate surface area is 125 Å². The molecule has 5 heteroatoms. The van der Waals surface area contributed by atoms with E-state index in [0.29, 0.717) is 12.3 Å². The molecule has 0 aliphatic rings. The Hall–Kier alpha value is -1.85. The number of hydrogen-bond donors (Lipinski definition) is 1. The van der Waals surface area contributed by atoms with Crippen LogP contribution in [-0.4, -0.2) is 27.0 Å². The second kappa shape index (κ2) is 6.74. The number of hydrogen-bond acceptors (Lipinski definition) is 4. The zero-order chi connectivity index (χ0) is 15.3. The Morgan fingerprint density at radius 2 is 1.48 bits per heavy atom. The molecule has 0 saturated carbocycles. The molecular formula is C16H19NO3S. The lowest BCUT2D eigenvalue weighted by molar-refractivity contribution is 0.341. The first kappa shape index (κ1) is 15.5. The number of sulfone groups is 1. The van der Waals surface area contributed by atoms with Gasteiger partial charge in [0.15, 0.2) is 9.84 Å². The maximum Gasteiger partial charge on any atom is 0.150 e. The molecule has 0 aliphatic carbocycles. The lowest BCUT2D eigenvalue weighted by atomic mass is 10.0. The van der Waals surface area contributed by atoms with Crippen molar-refractivity contribution in [3.63, 3.8) is 0 Å². The van der Waals surface area contributed by atoms with Crippen molar-refractivity contribution < 1.29 is 13.2 Å². The third kappa shape index (κ3) is 4.88. The molecule has 21 heavy (non-hydrogen) atoms. The van der Waals surface area contributed by atoms with Gasteiger partial charge in [0.2, 0.25) is 0 Å². The highest BCUT2D eigenvalue weighted by Crippen LogP contribution is 2.22. The van der Waals surface area contributed by atoms with Crippen LogP contribution < -0.4 is 10.5 Å². The second-order valence-corrected chi connectivity index (χ2v) is 7.16. The molecule has 2 aromatic carbocycles. The minimum Gasteiger partial charge on any atom is -0.493 e. The van der Waals surface area contributed by atoms with Gasteiger partial charge in [-0.05, 0) is 28.8 Å². The number of nitrogens with two attached hydrogens (primary N) is 1. The maximum atomic E-state index is 11.0.